The number of nitrogens with one attached hydrogen (secondary N) is 1. The van der Waals surface area contributed by atoms with E-state index >= 15 is 0 Å². The maximum atomic E-state index is 12.5. The van der Waals surface area contributed by atoms with Gasteiger partial charge in [-0.15, -0.1) is 10.2 Å². The Morgan fingerprint density at radius 1 is 1.06 bits per heavy atom. The fourth-order valence-corrected chi connectivity index (χ4v) is 3.97. The standard InChI is InChI=1S/C23H26N4O3S/c1-5-27-21(16(3)24-22(29)18-8-6-15(2)7-9-18)25-26-23(27)31-14-20(28)17-10-12-19(30-4)13-11-17/h6-13,16H,5,14H2,1-4H3,(H,24,29)/t16-/m1/s1. The van der Waals surface area contributed by atoms with Crippen molar-refractivity contribution in [2.75, 3.05) is 12.9 Å². The lowest BCUT2D eigenvalue weighted by molar-refractivity contribution is 0.0936. The first kappa shape index (κ1) is 22.6. The number of benzene rings is 2. The fourth-order valence-electron chi connectivity index (χ4n) is 3.06. The summed E-state index contributed by atoms with van der Waals surface area (Å²) in [5.74, 6) is 1.44. The highest BCUT2D eigenvalue weighted by molar-refractivity contribution is 7.99. The Bertz CT molecular complexity index is 1050. The maximum Gasteiger partial charge on any atom is 0.251 e. The lowest BCUT2D eigenvalue weighted by Gasteiger charge is -2.15. The number of rotatable bonds is 9. The summed E-state index contributed by atoms with van der Waals surface area (Å²) in [6.07, 6.45) is 0. The van der Waals surface area contributed by atoms with Gasteiger partial charge in [0, 0.05) is 17.7 Å². The van der Waals surface area contributed by atoms with Crippen LogP contribution in [0.4, 0.5) is 0 Å². The molecule has 0 radical (unpaired) electrons. The van der Waals surface area contributed by atoms with E-state index < -0.39 is 0 Å². The van der Waals surface area contributed by atoms with Crippen molar-refractivity contribution in [2.45, 2.75) is 38.5 Å². The van der Waals surface area contributed by atoms with Gasteiger partial charge in [-0.25, -0.2) is 0 Å². The van der Waals surface area contributed by atoms with Crippen molar-refractivity contribution in [1.29, 1.82) is 0 Å². The van der Waals surface area contributed by atoms with Crippen molar-refractivity contribution in [3.05, 3.63) is 71.0 Å². The summed E-state index contributed by atoms with van der Waals surface area (Å²) >= 11 is 1.34. The molecule has 3 aromatic rings. The Hall–Kier alpha value is -3.13. The number of thioether (sulfide) groups is 1. The van der Waals surface area contributed by atoms with Crippen molar-refractivity contribution >= 4 is 23.5 Å². The molecule has 0 saturated heterocycles. The Morgan fingerprint density at radius 3 is 2.32 bits per heavy atom. The summed E-state index contributed by atoms with van der Waals surface area (Å²) in [6, 6.07) is 14.1. The minimum atomic E-state index is -0.326. The first-order valence-electron chi connectivity index (χ1n) is 10.0. The number of ether oxygens (including phenoxy) is 1. The topological polar surface area (TPSA) is 86.1 Å². The summed E-state index contributed by atoms with van der Waals surface area (Å²) in [5, 5.41) is 12.1. The summed E-state index contributed by atoms with van der Waals surface area (Å²) in [7, 11) is 1.59. The molecule has 0 fully saturated rings. The number of hydrogen-bond donors (Lipinski definition) is 1. The molecule has 1 heterocycles. The van der Waals surface area contributed by atoms with Crippen LogP contribution in [0.1, 0.15) is 52.0 Å². The molecular formula is C23H26N4O3S. The fraction of sp³-hybridized carbons (Fsp3) is 0.304. The van der Waals surface area contributed by atoms with Gasteiger partial charge >= 0.3 is 0 Å². The van der Waals surface area contributed by atoms with E-state index in [4.69, 9.17) is 4.74 Å². The quantitative estimate of drug-likeness (QED) is 0.400. The van der Waals surface area contributed by atoms with E-state index in [0.717, 1.165) is 5.56 Å². The summed E-state index contributed by atoms with van der Waals surface area (Å²) in [5.41, 5.74) is 2.32. The van der Waals surface area contributed by atoms with E-state index in [0.29, 0.717) is 34.4 Å². The molecule has 2 aromatic carbocycles. The second-order valence-corrected chi connectivity index (χ2v) is 8.03. The van der Waals surface area contributed by atoms with E-state index in [1.165, 1.54) is 11.8 Å². The van der Waals surface area contributed by atoms with Crippen LogP contribution in [0.5, 0.6) is 5.75 Å². The zero-order valence-electron chi connectivity index (χ0n) is 18.1. The van der Waals surface area contributed by atoms with Crippen LogP contribution < -0.4 is 10.1 Å². The number of aryl methyl sites for hydroxylation is 1. The van der Waals surface area contributed by atoms with E-state index in [2.05, 4.69) is 15.5 Å². The van der Waals surface area contributed by atoms with Crippen LogP contribution in [0.25, 0.3) is 0 Å². The number of aromatic nitrogens is 3. The number of carbonyl (C=O) groups is 2. The van der Waals surface area contributed by atoms with Crippen LogP contribution in [0.2, 0.25) is 0 Å². The Labute approximate surface area is 186 Å². The van der Waals surface area contributed by atoms with E-state index in [1.54, 1.807) is 43.5 Å². The lowest BCUT2D eigenvalue weighted by atomic mass is 10.1. The first-order valence-corrected chi connectivity index (χ1v) is 11.0. The number of ketones is 1. The molecule has 8 heteroatoms. The third-order valence-electron chi connectivity index (χ3n) is 4.85. The molecule has 0 aliphatic carbocycles. The van der Waals surface area contributed by atoms with Crippen LogP contribution in [0.15, 0.2) is 53.7 Å². The molecular weight excluding hydrogens is 412 g/mol. The second kappa shape index (κ2) is 10.3. The molecule has 7 nitrogen and oxygen atoms in total. The first-order chi connectivity index (χ1) is 14.9. The number of amides is 1. The van der Waals surface area contributed by atoms with Gasteiger partial charge in [-0.2, -0.15) is 0 Å². The van der Waals surface area contributed by atoms with Gasteiger partial charge in [-0.3, -0.25) is 9.59 Å². The van der Waals surface area contributed by atoms with Gasteiger partial charge in [-0.05, 0) is 57.2 Å². The minimum absolute atomic E-state index is 0.000536. The average Bonchev–Trinajstić information content (AvgIpc) is 3.21. The van der Waals surface area contributed by atoms with Gasteiger partial charge in [-0.1, -0.05) is 29.5 Å². The number of carbonyl (C=O) groups excluding carboxylic acids is 2. The summed E-state index contributed by atoms with van der Waals surface area (Å²) in [6.45, 7) is 6.47. The zero-order chi connectivity index (χ0) is 22.4. The number of methoxy groups -OCH3 is 1. The maximum absolute atomic E-state index is 12.5. The average molecular weight is 439 g/mol. The normalized spacial score (nSPS) is 11.7. The molecule has 1 N–H and O–H groups in total. The summed E-state index contributed by atoms with van der Waals surface area (Å²) in [4.78, 5) is 25.0. The predicted molar refractivity (Wildman–Crippen MR) is 121 cm³/mol. The van der Waals surface area contributed by atoms with Gasteiger partial charge < -0.3 is 14.6 Å². The molecule has 0 aliphatic heterocycles. The third kappa shape index (κ3) is 5.52. The molecule has 0 saturated carbocycles. The molecule has 1 atom stereocenters. The van der Waals surface area contributed by atoms with Crippen molar-refractivity contribution in [3.8, 4) is 5.75 Å². The van der Waals surface area contributed by atoms with Gasteiger partial charge in [0.1, 0.15) is 5.75 Å². The number of hydrogen-bond acceptors (Lipinski definition) is 6. The lowest BCUT2D eigenvalue weighted by Crippen LogP contribution is -2.28. The second-order valence-electron chi connectivity index (χ2n) is 7.09. The molecule has 162 valence electrons. The van der Waals surface area contributed by atoms with Crippen LogP contribution in [-0.2, 0) is 6.54 Å². The Balaban J connectivity index is 1.65. The zero-order valence-corrected chi connectivity index (χ0v) is 18.9. The monoisotopic (exact) mass is 438 g/mol. The number of Topliss-reactive ketones (excluding diaryl/α,β-unsaturated/α-hetero) is 1. The highest BCUT2D eigenvalue weighted by Crippen LogP contribution is 2.22. The van der Waals surface area contributed by atoms with Gasteiger partial charge in [0.15, 0.2) is 16.8 Å². The van der Waals surface area contributed by atoms with Crippen molar-refractivity contribution in [1.82, 2.24) is 20.1 Å². The summed E-state index contributed by atoms with van der Waals surface area (Å²) < 4.78 is 7.05. The number of nitrogens with zero attached hydrogens (tertiary/aromatic N) is 3. The SMILES string of the molecule is CCn1c(SCC(=O)c2ccc(OC)cc2)nnc1[C@@H](C)NC(=O)c1ccc(C)cc1. The minimum Gasteiger partial charge on any atom is -0.497 e. The van der Waals surface area contributed by atoms with Crippen LogP contribution in [0, 0.1) is 6.92 Å². The smallest absolute Gasteiger partial charge is 0.251 e. The van der Waals surface area contributed by atoms with Crippen LogP contribution in [-0.4, -0.2) is 39.3 Å². The van der Waals surface area contributed by atoms with E-state index in [-0.39, 0.29) is 23.5 Å². The van der Waals surface area contributed by atoms with E-state index in [9.17, 15) is 9.59 Å². The highest BCUT2D eigenvalue weighted by atomic mass is 32.2. The molecule has 0 unspecified atom stereocenters. The van der Waals surface area contributed by atoms with Crippen molar-refractivity contribution in [3.63, 3.8) is 0 Å². The largest absolute Gasteiger partial charge is 0.497 e. The molecule has 0 aliphatic rings. The van der Waals surface area contributed by atoms with Crippen molar-refractivity contribution in [2.24, 2.45) is 0 Å². The molecule has 1 aromatic heterocycles. The highest BCUT2D eigenvalue weighted by Gasteiger charge is 2.20. The Morgan fingerprint density at radius 2 is 1.71 bits per heavy atom. The van der Waals surface area contributed by atoms with Crippen molar-refractivity contribution < 1.29 is 14.3 Å². The molecule has 31 heavy (non-hydrogen) atoms. The van der Waals surface area contributed by atoms with E-state index in [1.807, 2.05) is 37.5 Å². The molecule has 0 spiro atoms. The van der Waals surface area contributed by atoms with Gasteiger partial charge in [0.05, 0.1) is 18.9 Å². The predicted octanol–water partition coefficient (Wildman–Crippen LogP) is 4.08. The van der Waals surface area contributed by atoms with Crippen LogP contribution >= 0.6 is 11.8 Å². The van der Waals surface area contributed by atoms with Gasteiger partial charge in [0.25, 0.3) is 5.91 Å². The molecule has 3 rings (SSSR count). The third-order valence-corrected chi connectivity index (χ3v) is 5.82. The molecule has 1 amide bonds. The Kier molecular flexibility index (Phi) is 7.46. The van der Waals surface area contributed by atoms with Gasteiger partial charge in [0.2, 0.25) is 0 Å². The van der Waals surface area contributed by atoms with Crippen LogP contribution in [0.3, 0.4) is 0 Å². The molecule has 0 bridgehead atoms.